The Kier molecular flexibility index (Phi) is 6.31. The molecule has 0 aliphatic carbocycles. The Labute approximate surface area is 120 Å². The molecule has 0 radical (unpaired) electrons. The van der Waals surface area contributed by atoms with Gasteiger partial charge in [-0.25, -0.2) is 18.4 Å². The predicted molar refractivity (Wildman–Crippen MR) is 76.9 cm³/mol. The van der Waals surface area contributed by atoms with Crippen molar-refractivity contribution in [2.45, 2.75) is 37.6 Å². The number of hydrogen-bond acceptors (Lipinski definition) is 6. The maximum atomic E-state index is 12.6. The average Bonchev–Trinajstić information content (AvgIpc) is 2.47. The number of rotatable bonds is 8. The van der Waals surface area contributed by atoms with Gasteiger partial charge in [-0.15, -0.1) is 0 Å². The summed E-state index contributed by atoms with van der Waals surface area (Å²) < 4.78 is 26.5. The summed E-state index contributed by atoms with van der Waals surface area (Å²) in [6, 6.07) is -0.142. The van der Waals surface area contributed by atoms with E-state index in [1.807, 2.05) is 13.8 Å². The Balaban J connectivity index is 3.14. The molecule has 0 fully saturated rings. The van der Waals surface area contributed by atoms with Gasteiger partial charge in [0.25, 0.3) is 0 Å². The van der Waals surface area contributed by atoms with Crippen molar-refractivity contribution in [3.63, 3.8) is 0 Å². The molecule has 7 nitrogen and oxygen atoms in total. The number of hydrogen-bond donors (Lipinski definition) is 2. The van der Waals surface area contributed by atoms with E-state index in [-0.39, 0.29) is 24.1 Å². The standard InChI is InChI=1S/C12H22N4O3S/c1-4-10(5-2)16(6-7-17)20(18,19)11-8-14-12(13-3)15-9-11/h8-10,17H,4-7H2,1-3H3,(H,13,14,15). The molecule has 1 rings (SSSR count). The van der Waals surface area contributed by atoms with Crippen LogP contribution in [0.4, 0.5) is 5.95 Å². The summed E-state index contributed by atoms with van der Waals surface area (Å²) in [7, 11) is -2.03. The second-order valence-corrected chi connectivity index (χ2v) is 6.19. The van der Waals surface area contributed by atoms with E-state index in [9.17, 15) is 8.42 Å². The fourth-order valence-corrected chi connectivity index (χ4v) is 3.66. The van der Waals surface area contributed by atoms with Gasteiger partial charge in [-0.2, -0.15) is 4.31 Å². The summed E-state index contributed by atoms with van der Waals surface area (Å²) in [6.45, 7) is 3.71. The zero-order valence-corrected chi connectivity index (χ0v) is 12.9. The van der Waals surface area contributed by atoms with Gasteiger partial charge in [0, 0.05) is 19.6 Å². The van der Waals surface area contributed by atoms with Crippen LogP contribution in [0.15, 0.2) is 17.3 Å². The number of nitrogens with one attached hydrogen (secondary N) is 1. The average molecular weight is 302 g/mol. The van der Waals surface area contributed by atoms with E-state index < -0.39 is 10.0 Å². The van der Waals surface area contributed by atoms with Crippen molar-refractivity contribution in [2.75, 3.05) is 25.5 Å². The lowest BCUT2D eigenvalue weighted by Crippen LogP contribution is -2.41. The molecule has 20 heavy (non-hydrogen) atoms. The summed E-state index contributed by atoms with van der Waals surface area (Å²) in [6.07, 6.45) is 3.93. The Morgan fingerprint density at radius 3 is 2.25 bits per heavy atom. The highest BCUT2D eigenvalue weighted by atomic mass is 32.2. The smallest absolute Gasteiger partial charge is 0.246 e. The molecule has 0 aliphatic rings. The molecule has 1 aromatic heterocycles. The van der Waals surface area contributed by atoms with E-state index in [2.05, 4.69) is 15.3 Å². The van der Waals surface area contributed by atoms with E-state index in [1.54, 1.807) is 7.05 Å². The van der Waals surface area contributed by atoms with Gasteiger partial charge in [0.2, 0.25) is 16.0 Å². The number of sulfonamides is 1. The molecule has 0 saturated heterocycles. The maximum Gasteiger partial charge on any atom is 0.246 e. The second-order valence-electron chi connectivity index (χ2n) is 4.30. The molecule has 0 aliphatic heterocycles. The summed E-state index contributed by atoms with van der Waals surface area (Å²) in [5, 5.41) is 11.9. The van der Waals surface area contributed by atoms with Crippen molar-refractivity contribution >= 4 is 16.0 Å². The monoisotopic (exact) mass is 302 g/mol. The highest BCUT2D eigenvalue weighted by Crippen LogP contribution is 2.20. The zero-order valence-electron chi connectivity index (χ0n) is 12.1. The summed E-state index contributed by atoms with van der Waals surface area (Å²) in [5.74, 6) is 0.361. The van der Waals surface area contributed by atoms with Gasteiger partial charge in [-0.3, -0.25) is 0 Å². The van der Waals surface area contributed by atoms with E-state index in [1.165, 1.54) is 16.7 Å². The number of anilines is 1. The number of nitrogens with zero attached hydrogens (tertiary/aromatic N) is 3. The van der Waals surface area contributed by atoms with E-state index >= 15 is 0 Å². The molecule has 0 unspecified atom stereocenters. The van der Waals surface area contributed by atoms with Crippen LogP contribution >= 0.6 is 0 Å². The number of aliphatic hydroxyl groups is 1. The topological polar surface area (TPSA) is 95.4 Å². The molecule has 0 aromatic carbocycles. The van der Waals surface area contributed by atoms with Crippen LogP contribution in [0, 0.1) is 0 Å². The van der Waals surface area contributed by atoms with Gasteiger partial charge in [0.15, 0.2) is 0 Å². The van der Waals surface area contributed by atoms with Crippen LogP contribution in [0.5, 0.6) is 0 Å². The summed E-state index contributed by atoms with van der Waals surface area (Å²) >= 11 is 0. The molecule has 0 atom stereocenters. The van der Waals surface area contributed by atoms with Crippen molar-refractivity contribution in [1.29, 1.82) is 0 Å². The van der Waals surface area contributed by atoms with Crippen molar-refractivity contribution in [3.05, 3.63) is 12.4 Å². The van der Waals surface area contributed by atoms with Gasteiger partial charge < -0.3 is 10.4 Å². The first kappa shape index (κ1) is 16.8. The molecule has 0 spiro atoms. The minimum atomic E-state index is -3.69. The Morgan fingerprint density at radius 2 is 1.85 bits per heavy atom. The van der Waals surface area contributed by atoms with E-state index in [0.29, 0.717) is 18.8 Å². The third kappa shape index (κ3) is 3.65. The van der Waals surface area contributed by atoms with Crippen LogP contribution in [0.25, 0.3) is 0 Å². The Bertz CT molecular complexity index is 500. The first-order chi connectivity index (χ1) is 9.51. The van der Waals surface area contributed by atoms with Crippen molar-refractivity contribution < 1.29 is 13.5 Å². The minimum absolute atomic E-state index is 0.0388. The van der Waals surface area contributed by atoms with Gasteiger partial charge >= 0.3 is 0 Å². The van der Waals surface area contributed by atoms with Crippen LogP contribution in [0.3, 0.4) is 0 Å². The Hall–Kier alpha value is -1.25. The summed E-state index contributed by atoms with van der Waals surface area (Å²) in [4.78, 5) is 7.89. The van der Waals surface area contributed by atoms with E-state index in [4.69, 9.17) is 5.11 Å². The molecular formula is C12H22N4O3S. The normalized spacial score (nSPS) is 12.1. The van der Waals surface area contributed by atoms with Crippen LogP contribution < -0.4 is 5.32 Å². The first-order valence-corrected chi connectivity index (χ1v) is 8.07. The highest BCUT2D eigenvalue weighted by molar-refractivity contribution is 7.89. The lowest BCUT2D eigenvalue weighted by molar-refractivity contribution is 0.219. The van der Waals surface area contributed by atoms with Crippen LogP contribution in [0.2, 0.25) is 0 Å². The van der Waals surface area contributed by atoms with Crippen LogP contribution in [-0.4, -0.2) is 54.0 Å². The van der Waals surface area contributed by atoms with Crippen LogP contribution in [-0.2, 0) is 10.0 Å². The number of aliphatic hydroxyl groups excluding tert-OH is 1. The van der Waals surface area contributed by atoms with Gasteiger partial charge in [-0.1, -0.05) is 13.8 Å². The molecule has 0 bridgehead atoms. The molecule has 8 heteroatoms. The molecule has 0 saturated carbocycles. The van der Waals surface area contributed by atoms with Gasteiger partial charge in [0.1, 0.15) is 4.90 Å². The maximum absolute atomic E-state index is 12.6. The first-order valence-electron chi connectivity index (χ1n) is 6.63. The van der Waals surface area contributed by atoms with Gasteiger partial charge in [0.05, 0.1) is 19.0 Å². The van der Waals surface area contributed by atoms with Crippen molar-refractivity contribution in [1.82, 2.24) is 14.3 Å². The molecule has 1 aromatic rings. The zero-order chi connectivity index (χ0) is 15.2. The third-order valence-electron chi connectivity index (χ3n) is 3.13. The molecule has 114 valence electrons. The highest BCUT2D eigenvalue weighted by Gasteiger charge is 2.29. The fraction of sp³-hybridized carbons (Fsp3) is 0.667. The fourth-order valence-electron chi connectivity index (χ4n) is 2.01. The van der Waals surface area contributed by atoms with Crippen molar-refractivity contribution in [2.24, 2.45) is 0 Å². The van der Waals surface area contributed by atoms with Crippen LogP contribution in [0.1, 0.15) is 26.7 Å². The SMILES string of the molecule is CCC(CC)N(CCO)S(=O)(=O)c1cnc(NC)nc1. The predicted octanol–water partition coefficient (Wildman–Crippen LogP) is 0.690. The third-order valence-corrected chi connectivity index (χ3v) is 5.03. The largest absolute Gasteiger partial charge is 0.395 e. The molecule has 0 amide bonds. The molecule has 1 heterocycles. The van der Waals surface area contributed by atoms with Gasteiger partial charge in [-0.05, 0) is 12.8 Å². The second kappa shape index (κ2) is 7.51. The summed E-state index contributed by atoms with van der Waals surface area (Å²) in [5.41, 5.74) is 0. The Morgan fingerprint density at radius 1 is 1.30 bits per heavy atom. The minimum Gasteiger partial charge on any atom is -0.395 e. The molecule has 2 N–H and O–H groups in total. The quantitative estimate of drug-likeness (QED) is 0.733. The van der Waals surface area contributed by atoms with Crippen molar-refractivity contribution in [3.8, 4) is 0 Å². The lowest BCUT2D eigenvalue weighted by Gasteiger charge is -2.28. The lowest BCUT2D eigenvalue weighted by atomic mass is 10.2. The number of aromatic nitrogens is 2. The molecular weight excluding hydrogens is 280 g/mol. The van der Waals surface area contributed by atoms with E-state index in [0.717, 1.165) is 0 Å².